The second-order valence-corrected chi connectivity index (χ2v) is 2.50. The molecule has 2 N–H and O–H groups in total. The molecule has 0 aliphatic carbocycles. The monoisotopic (exact) mass is 164 g/mol. The van der Waals surface area contributed by atoms with Gasteiger partial charge in [0.25, 0.3) is 0 Å². The van der Waals surface area contributed by atoms with Gasteiger partial charge in [0.2, 0.25) is 0 Å². The van der Waals surface area contributed by atoms with Crippen LogP contribution in [0.15, 0.2) is 18.5 Å². The molecule has 0 saturated heterocycles. The van der Waals surface area contributed by atoms with Crippen molar-refractivity contribution in [2.45, 2.75) is 6.92 Å². The molecule has 0 spiro atoms. The summed E-state index contributed by atoms with van der Waals surface area (Å²) in [7, 11) is 0. The topological polar surface area (TPSA) is 62.5 Å². The number of hydrogen-bond acceptors (Lipinski definition) is 4. The average molecular weight is 164 g/mol. The van der Waals surface area contributed by atoms with Crippen LogP contribution < -0.4 is 5.48 Å². The molecule has 62 valence electrons. The van der Waals surface area contributed by atoms with Crippen LogP contribution in [0.2, 0.25) is 0 Å². The average Bonchev–Trinajstić information content (AvgIpc) is 2.44. The van der Waals surface area contributed by atoms with Gasteiger partial charge < -0.3 is 0 Å². The zero-order valence-electron chi connectivity index (χ0n) is 6.52. The third kappa shape index (κ3) is 0.911. The molecule has 0 fully saturated rings. The fourth-order valence-electron chi connectivity index (χ4n) is 1.13. The summed E-state index contributed by atoms with van der Waals surface area (Å²) >= 11 is 0. The summed E-state index contributed by atoms with van der Waals surface area (Å²) in [5.74, 6) is 0.415. The number of fused-ring (bicyclic) bond motifs is 1. The maximum atomic E-state index is 8.69. The molecule has 12 heavy (non-hydrogen) atoms. The number of nitrogens with one attached hydrogen (secondary N) is 1. The van der Waals surface area contributed by atoms with E-state index in [-0.39, 0.29) is 0 Å². The number of aryl methyl sites for hydroxylation is 1. The van der Waals surface area contributed by atoms with E-state index >= 15 is 0 Å². The minimum atomic E-state index is 0.415. The van der Waals surface area contributed by atoms with Crippen LogP contribution in [-0.4, -0.2) is 19.8 Å². The first-order chi connectivity index (χ1) is 5.81. The summed E-state index contributed by atoms with van der Waals surface area (Å²) in [6.45, 7) is 1.88. The van der Waals surface area contributed by atoms with Gasteiger partial charge in [0.05, 0.1) is 5.69 Å². The highest BCUT2D eigenvalue weighted by Gasteiger charge is 2.02. The van der Waals surface area contributed by atoms with E-state index in [1.54, 1.807) is 16.9 Å². The van der Waals surface area contributed by atoms with E-state index < -0.39 is 0 Å². The SMILES string of the molecule is Cc1cc2c(NO)nccn2n1. The fraction of sp³-hybridized carbons (Fsp3) is 0.143. The number of rotatable bonds is 1. The van der Waals surface area contributed by atoms with E-state index in [4.69, 9.17) is 5.21 Å². The second-order valence-electron chi connectivity index (χ2n) is 2.50. The molecule has 0 radical (unpaired) electrons. The normalized spacial score (nSPS) is 10.5. The smallest absolute Gasteiger partial charge is 0.175 e. The summed E-state index contributed by atoms with van der Waals surface area (Å²) in [6.07, 6.45) is 3.29. The molecule has 2 heterocycles. The van der Waals surface area contributed by atoms with E-state index in [9.17, 15) is 0 Å². The van der Waals surface area contributed by atoms with Gasteiger partial charge in [-0.05, 0) is 13.0 Å². The van der Waals surface area contributed by atoms with Gasteiger partial charge in [0.15, 0.2) is 5.82 Å². The Kier molecular flexibility index (Phi) is 1.44. The van der Waals surface area contributed by atoms with E-state index in [1.807, 2.05) is 18.5 Å². The molecule has 2 rings (SSSR count). The molecular formula is C7H8N4O. The number of aromatic nitrogens is 3. The summed E-state index contributed by atoms with van der Waals surface area (Å²) in [5, 5.41) is 12.8. The van der Waals surface area contributed by atoms with Crippen LogP contribution in [0.1, 0.15) is 5.69 Å². The van der Waals surface area contributed by atoms with Crippen molar-refractivity contribution in [3.05, 3.63) is 24.2 Å². The van der Waals surface area contributed by atoms with Gasteiger partial charge in [0, 0.05) is 12.4 Å². The summed E-state index contributed by atoms with van der Waals surface area (Å²) < 4.78 is 1.65. The minimum absolute atomic E-state index is 0.415. The third-order valence-electron chi connectivity index (χ3n) is 1.62. The Morgan fingerprint density at radius 2 is 2.42 bits per heavy atom. The third-order valence-corrected chi connectivity index (χ3v) is 1.62. The number of nitrogens with zero attached hydrogens (tertiary/aromatic N) is 3. The van der Waals surface area contributed by atoms with Gasteiger partial charge >= 0.3 is 0 Å². The molecule has 0 saturated carbocycles. The van der Waals surface area contributed by atoms with Crippen LogP contribution in [0, 0.1) is 6.92 Å². The Hall–Kier alpha value is -1.62. The standard InChI is InChI=1S/C7H8N4O/c1-5-4-6-7(10-12)8-2-3-11(6)9-5/h2-4,12H,1H3,(H,8,10). The van der Waals surface area contributed by atoms with Gasteiger partial charge in [-0.25, -0.2) is 9.50 Å². The molecule has 2 aromatic heterocycles. The quantitative estimate of drug-likeness (QED) is 0.613. The molecule has 0 aliphatic heterocycles. The van der Waals surface area contributed by atoms with Crippen molar-refractivity contribution in [1.29, 1.82) is 0 Å². The van der Waals surface area contributed by atoms with E-state index in [1.165, 1.54) is 0 Å². The lowest BCUT2D eigenvalue weighted by Gasteiger charge is -1.98. The van der Waals surface area contributed by atoms with Crippen molar-refractivity contribution >= 4 is 11.3 Å². The molecule has 0 atom stereocenters. The predicted octanol–water partition coefficient (Wildman–Crippen LogP) is 0.839. The molecule has 5 heteroatoms. The van der Waals surface area contributed by atoms with E-state index in [0.717, 1.165) is 11.2 Å². The first-order valence-electron chi connectivity index (χ1n) is 3.52. The Balaban J connectivity index is 2.78. The van der Waals surface area contributed by atoms with Gasteiger partial charge in [-0.2, -0.15) is 5.10 Å². The Labute approximate surface area is 68.6 Å². The van der Waals surface area contributed by atoms with E-state index in [2.05, 4.69) is 10.1 Å². The molecular weight excluding hydrogens is 156 g/mol. The molecule has 5 nitrogen and oxygen atoms in total. The lowest BCUT2D eigenvalue weighted by molar-refractivity contribution is 0.386. The van der Waals surface area contributed by atoms with Crippen LogP contribution in [0.4, 0.5) is 5.82 Å². The summed E-state index contributed by atoms with van der Waals surface area (Å²) in [4.78, 5) is 3.92. The Bertz CT molecular complexity index is 409. The zero-order valence-corrected chi connectivity index (χ0v) is 6.52. The largest absolute Gasteiger partial charge is 0.290 e. The first-order valence-corrected chi connectivity index (χ1v) is 3.52. The number of anilines is 1. The van der Waals surface area contributed by atoms with Crippen LogP contribution in [0.5, 0.6) is 0 Å². The van der Waals surface area contributed by atoms with Gasteiger partial charge in [-0.1, -0.05) is 0 Å². The lowest BCUT2D eigenvalue weighted by Crippen LogP contribution is -1.96. The molecule has 2 aromatic rings. The summed E-state index contributed by atoms with van der Waals surface area (Å²) in [5.41, 5.74) is 3.66. The van der Waals surface area contributed by atoms with Crippen LogP contribution >= 0.6 is 0 Å². The zero-order chi connectivity index (χ0) is 8.55. The Morgan fingerprint density at radius 3 is 3.17 bits per heavy atom. The maximum absolute atomic E-state index is 8.69. The first kappa shape index (κ1) is 7.05. The van der Waals surface area contributed by atoms with Crippen molar-refractivity contribution in [2.75, 3.05) is 5.48 Å². The maximum Gasteiger partial charge on any atom is 0.175 e. The van der Waals surface area contributed by atoms with Gasteiger partial charge in [0.1, 0.15) is 5.52 Å². The van der Waals surface area contributed by atoms with Crippen LogP contribution in [-0.2, 0) is 0 Å². The molecule has 0 unspecified atom stereocenters. The van der Waals surface area contributed by atoms with Crippen molar-refractivity contribution in [2.24, 2.45) is 0 Å². The lowest BCUT2D eigenvalue weighted by atomic mass is 10.4. The molecule has 0 amide bonds. The molecule has 0 bridgehead atoms. The van der Waals surface area contributed by atoms with Crippen molar-refractivity contribution < 1.29 is 5.21 Å². The van der Waals surface area contributed by atoms with Crippen LogP contribution in [0.3, 0.4) is 0 Å². The predicted molar refractivity (Wildman–Crippen MR) is 43.1 cm³/mol. The van der Waals surface area contributed by atoms with Crippen LogP contribution in [0.25, 0.3) is 5.52 Å². The molecule has 0 aliphatic rings. The van der Waals surface area contributed by atoms with Gasteiger partial charge in [-0.15, -0.1) is 0 Å². The van der Waals surface area contributed by atoms with E-state index in [0.29, 0.717) is 5.82 Å². The number of hydrogen-bond donors (Lipinski definition) is 2. The van der Waals surface area contributed by atoms with Gasteiger partial charge in [-0.3, -0.25) is 10.7 Å². The minimum Gasteiger partial charge on any atom is -0.290 e. The fourth-order valence-corrected chi connectivity index (χ4v) is 1.13. The second kappa shape index (κ2) is 2.46. The highest BCUT2D eigenvalue weighted by atomic mass is 16.5. The van der Waals surface area contributed by atoms with Crippen molar-refractivity contribution in [3.63, 3.8) is 0 Å². The highest BCUT2D eigenvalue weighted by molar-refractivity contribution is 5.66. The highest BCUT2D eigenvalue weighted by Crippen LogP contribution is 2.12. The molecule has 0 aromatic carbocycles. The Morgan fingerprint density at radius 1 is 1.58 bits per heavy atom. The van der Waals surface area contributed by atoms with Crippen molar-refractivity contribution in [3.8, 4) is 0 Å². The van der Waals surface area contributed by atoms with Crippen molar-refractivity contribution in [1.82, 2.24) is 14.6 Å². The summed E-state index contributed by atoms with van der Waals surface area (Å²) in [6, 6.07) is 1.84.